The van der Waals surface area contributed by atoms with Gasteiger partial charge >= 0.3 is 0 Å². The Morgan fingerprint density at radius 3 is 2.88 bits per heavy atom. The molecular weight excluding hydrogens is 227 g/mol. The average Bonchev–Trinajstić information content (AvgIpc) is 2.26. The fraction of sp³-hybridized carbons (Fsp3) is 0.385. The van der Waals surface area contributed by atoms with E-state index in [1.54, 1.807) is 6.07 Å². The van der Waals surface area contributed by atoms with Gasteiger partial charge in [0.2, 0.25) is 0 Å². The summed E-state index contributed by atoms with van der Waals surface area (Å²) in [5, 5.41) is 0. The van der Waals surface area contributed by atoms with Crippen molar-refractivity contribution in [2.45, 2.75) is 19.8 Å². The van der Waals surface area contributed by atoms with Crippen LogP contribution in [-0.4, -0.2) is 12.5 Å². The van der Waals surface area contributed by atoms with Crippen LogP contribution in [0.2, 0.25) is 0 Å². The Balaban J connectivity index is 2.73. The minimum Gasteiger partial charge on any atom is -0.493 e. The highest BCUT2D eigenvalue weighted by Gasteiger charge is 1.99. The van der Waals surface area contributed by atoms with Crippen molar-refractivity contribution in [1.29, 1.82) is 0 Å². The Hall–Kier alpha value is -1.20. The number of hydrogen-bond donors (Lipinski definition) is 0. The van der Waals surface area contributed by atoms with E-state index in [1.165, 1.54) is 12.1 Å². The molecule has 16 heavy (non-hydrogen) atoms. The van der Waals surface area contributed by atoms with Gasteiger partial charge in [-0.1, -0.05) is 25.2 Å². The summed E-state index contributed by atoms with van der Waals surface area (Å²) in [6.07, 6.45) is 2.01. The van der Waals surface area contributed by atoms with Gasteiger partial charge in [0.15, 0.2) is 0 Å². The lowest BCUT2D eigenvalue weighted by Crippen LogP contribution is -1.97. The van der Waals surface area contributed by atoms with Gasteiger partial charge in [-0.2, -0.15) is 0 Å². The van der Waals surface area contributed by atoms with Crippen molar-refractivity contribution >= 4 is 11.6 Å². The van der Waals surface area contributed by atoms with E-state index in [4.69, 9.17) is 16.3 Å². The Labute approximate surface area is 101 Å². The second-order valence-corrected chi connectivity index (χ2v) is 3.58. The van der Waals surface area contributed by atoms with Crippen molar-refractivity contribution in [2.24, 2.45) is 0 Å². The molecule has 0 saturated heterocycles. The number of rotatable bonds is 4. The van der Waals surface area contributed by atoms with Crippen LogP contribution in [0.1, 0.15) is 25.3 Å². The van der Waals surface area contributed by atoms with E-state index >= 15 is 0 Å². The largest absolute Gasteiger partial charge is 0.493 e. The predicted octanol–water partition coefficient (Wildman–Crippen LogP) is 3.59. The van der Waals surface area contributed by atoms with Crippen LogP contribution in [-0.2, 0) is 0 Å². The minimum absolute atomic E-state index is 0.239. The highest BCUT2D eigenvalue weighted by atomic mass is 35.5. The van der Waals surface area contributed by atoms with Crippen LogP contribution in [0.25, 0.3) is 0 Å². The van der Waals surface area contributed by atoms with Crippen LogP contribution < -0.4 is 4.74 Å². The maximum absolute atomic E-state index is 13.2. The number of hydrogen-bond acceptors (Lipinski definition) is 1. The van der Waals surface area contributed by atoms with E-state index in [-0.39, 0.29) is 11.7 Å². The monoisotopic (exact) mass is 240 g/mol. The molecule has 0 unspecified atom stereocenters. The first-order valence-corrected chi connectivity index (χ1v) is 5.78. The fourth-order valence-electron chi connectivity index (χ4n) is 1.19. The van der Waals surface area contributed by atoms with Crippen LogP contribution in [0, 0.1) is 17.7 Å². The fourth-order valence-corrected chi connectivity index (χ4v) is 1.25. The topological polar surface area (TPSA) is 9.23 Å². The summed E-state index contributed by atoms with van der Waals surface area (Å²) in [6.45, 7) is 2.68. The molecule has 1 nitrogen and oxygen atoms in total. The highest BCUT2D eigenvalue weighted by molar-refractivity contribution is 6.19. The Morgan fingerprint density at radius 2 is 2.19 bits per heavy atom. The van der Waals surface area contributed by atoms with Gasteiger partial charge < -0.3 is 4.74 Å². The molecule has 0 radical (unpaired) electrons. The molecule has 0 N–H and O–H groups in total. The number of benzene rings is 1. The molecule has 0 saturated carbocycles. The molecule has 0 heterocycles. The number of halogens is 2. The molecule has 86 valence electrons. The molecule has 3 heteroatoms. The van der Waals surface area contributed by atoms with E-state index in [2.05, 4.69) is 18.8 Å². The van der Waals surface area contributed by atoms with Crippen molar-refractivity contribution in [3.05, 3.63) is 29.6 Å². The van der Waals surface area contributed by atoms with Gasteiger partial charge in [0.05, 0.1) is 12.5 Å². The quantitative estimate of drug-likeness (QED) is 0.444. The average molecular weight is 241 g/mol. The standard InChI is InChI=1S/C13H14ClFO/c1-2-3-7-16-13-9-11(5-4-6-14)8-12(15)10-13/h8-10H,2-3,6-7H2,1H3. The van der Waals surface area contributed by atoms with Crippen molar-refractivity contribution in [2.75, 3.05) is 12.5 Å². The van der Waals surface area contributed by atoms with Crippen LogP contribution in [0.5, 0.6) is 5.75 Å². The molecule has 0 amide bonds. The first-order valence-electron chi connectivity index (χ1n) is 5.24. The van der Waals surface area contributed by atoms with Crippen molar-refractivity contribution in [3.63, 3.8) is 0 Å². The van der Waals surface area contributed by atoms with E-state index in [0.717, 1.165) is 12.8 Å². The lowest BCUT2D eigenvalue weighted by Gasteiger charge is -2.05. The first kappa shape index (κ1) is 12.9. The molecule has 0 aliphatic heterocycles. The number of unbranched alkanes of at least 4 members (excludes halogenated alkanes) is 1. The normalized spacial score (nSPS) is 9.44. The van der Waals surface area contributed by atoms with Gasteiger partial charge in [0, 0.05) is 11.6 Å². The van der Waals surface area contributed by atoms with Crippen LogP contribution in [0.4, 0.5) is 4.39 Å². The van der Waals surface area contributed by atoms with Gasteiger partial charge in [-0.25, -0.2) is 4.39 Å². The Bertz CT molecular complexity index is 393. The van der Waals surface area contributed by atoms with Crippen molar-refractivity contribution < 1.29 is 9.13 Å². The second-order valence-electron chi connectivity index (χ2n) is 3.31. The summed E-state index contributed by atoms with van der Waals surface area (Å²) in [5.74, 6) is 5.86. The zero-order valence-electron chi connectivity index (χ0n) is 9.22. The molecule has 0 spiro atoms. The van der Waals surface area contributed by atoms with Crippen LogP contribution in [0.15, 0.2) is 18.2 Å². The lowest BCUT2D eigenvalue weighted by molar-refractivity contribution is 0.308. The van der Waals surface area contributed by atoms with Gasteiger partial charge in [-0.3, -0.25) is 0 Å². The van der Waals surface area contributed by atoms with E-state index in [9.17, 15) is 4.39 Å². The summed E-state index contributed by atoms with van der Waals surface area (Å²) in [5.41, 5.74) is 0.590. The van der Waals surface area contributed by atoms with E-state index in [1.807, 2.05) is 0 Å². The third kappa shape index (κ3) is 4.55. The molecule has 0 aromatic heterocycles. The number of alkyl halides is 1. The smallest absolute Gasteiger partial charge is 0.128 e. The SMILES string of the molecule is CCCCOc1cc(F)cc(C#CCCl)c1. The summed E-state index contributed by atoms with van der Waals surface area (Å²) in [4.78, 5) is 0. The number of ether oxygens (including phenoxy) is 1. The third-order valence-electron chi connectivity index (χ3n) is 1.94. The van der Waals surface area contributed by atoms with Crippen molar-refractivity contribution in [3.8, 4) is 17.6 Å². The van der Waals surface area contributed by atoms with E-state index < -0.39 is 0 Å². The molecule has 0 aliphatic carbocycles. The van der Waals surface area contributed by atoms with Gasteiger partial charge in [-0.05, 0) is 18.6 Å². The summed E-state index contributed by atoms with van der Waals surface area (Å²) >= 11 is 5.43. The zero-order valence-corrected chi connectivity index (χ0v) is 9.98. The predicted molar refractivity (Wildman–Crippen MR) is 64.4 cm³/mol. The molecule has 0 bridgehead atoms. The summed E-state index contributed by atoms with van der Waals surface area (Å²) < 4.78 is 18.6. The third-order valence-corrected chi connectivity index (χ3v) is 2.07. The minimum atomic E-state index is -0.340. The van der Waals surface area contributed by atoms with Crippen LogP contribution in [0.3, 0.4) is 0 Å². The summed E-state index contributed by atoms with van der Waals surface area (Å²) in [7, 11) is 0. The molecule has 0 aliphatic rings. The maximum Gasteiger partial charge on any atom is 0.128 e. The first-order chi connectivity index (χ1) is 7.76. The Morgan fingerprint density at radius 1 is 1.38 bits per heavy atom. The molecule has 1 rings (SSSR count). The van der Waals surface area contributed by atoms with Gasteiger partial charge in [-0.15, -0.1) is 11.6 Å². The van der Waals surface area contributed by atoms with Gasteiger partial charge in [0.1, 0.15) is 11.6 Å². The zero-order chi connectivity index (χ0) is 11.8. The second kappa shape index (κ2) is 7.14. The van der Waals surface area contributed by atoms with Crippen LogP contribution >= 0.6 is 11.6 Å². The van der Waals surface area contributed by atoms with Crippen molar-refractivity contribution in [1.82, 2.24) is 0 Å². The van der Waals surface area contributed by atoms with Gasteiger partial charge in [0.25, 0.3) is 0 Å². The summed E-state index contributed by atoms with van der Waals surface area (Å²) in [6, 6.07) is 4.45. The highest BCUT2D eigenvalue weighted by Crippen LogP contribution is 2.16. The maximum atomic E-state index is 13.2. The lowest BCUT2D eigenvalue weighted by atomic mass is 10.2. The molecule has 1 aromatic carbocycles. The molecule has 0 atom stereocenters. The molecule has 1 aromatic rings. The Kier molecular flexibility index (Phi) is 5.74. The molecule has 0 fully saturated rings. The molecular formula is C13H14ClFO. The van der Waals surface area contributed by atoms with E-state index in [0.29, 0.717) is 17.9 Å².